The Labute approximate surface area is 116 Å². The van der Waals surface area contributed by atoms with E-state index in [9.17, 15) is 0 Å². The predicted molar refractivity (Wildman–Crippen MR) is 79.6 cm³/mol. The van der Waals surface area contributed by atoms with Crippen LogP contribution in [0.2, 0.25) is 0 Å². The lowest BCUT2D eigenvalue weighted by Crippen LogP contribution is -2.42. The van der Waals surface area contributed by atoms with E-state index in [1.807, 2.05) is 19.9 Å². The Bertz CT molecular complexity index is 390. The maximum atomic E-state index is 4.62. The van der Waals surface area contributed by atoms with Crippen molar-refractivity contribution in [1.82, 2.24) is 15.3 Å². The second-order valence-electron chi connectivity index (χ2n) is 5.91. The van der Waals surface area contributed by atoms with E-state index in [-0.39, 0.29) is 0 Å². The van der Waals surface area contributed by atoms with Gasteiger partial charge in [0.15, 0.2) is 0 Å². The number of piperidine rings is 1. The Balaban J connectivity index is 2.14. The molecule has 0 aliphatic carbocycles. The standard InChI is InChI=1S/C15H26N4/c1-11(2)19(10-14-6-5-7-16-9-14)15-17-12(3)8-13(4)18-15/h8,11,14,16H,5-7,9-10H2,1-4H3. The summed E-state index contributed by atoms with van der Waals surface area (Å²) in [5, 5.41) is 3.49. The van der Waals surface area contributed by atoms with E-state index in [0.717, 1.165) is 37.0 Å². The van der Waals surface area contributed by atoms with Crippen LogP contribution in [0.15, 0.2) is 6.07 Å². The molecule has 0 amide bonds. The molecule has 1 aliphatic rings. The number of nitrogens with one attached hydrogen (secondary N) is 1. The molecule has 1 aliphatic heterocycles. The number of hydrogen-bond acceptors (Lipinski definition) is 4. The molecule has 2 rings (SSSR count). The van der Waals surface area contributed by atoms with Gasteiger partial charge in [0.2, 0.25) is 5.95 Å². The predicted octanol–water partition coefficient (Wildman–Crippen LogP) is 2.31. The number of aromatic nitrogens is 2. The average Bonchev–Trinajstić information content (AvgIpc) is 2.35. The van der Waals surface area contributed by atoms with E-state index in [0.29, 0.717) is 12.0 Å². The molecule has 1 aromatic rings. The van der Waals surface area contributed by atoms with E-state index in [2.05, 4.69) is 34.0 Å². The van der Waals surface area contributed by atoms with Crippen LogP contribution in [0.4, 0.5) is 5.95 Å². The van der Waals surface area contributed by atoms with Gasteiger partial charge in [-0.2, -0.15) is 0 Å². The first kappa shape index (κ1) is 14.3. The van der Waals surface area contributed by atoms with Crippen LogP contribution in [0.25, 0.3) is 0 Å². The van der Waals surface area contributed by atoms with E-state index < -0.39 is 0 Å². The lowest BCUT2D eigenvalue weighted by Gasteiger charge is -2.33. The second kappa shape index (κ2) is 6.33. The average molecular weight is 262 g/mol. The molecule has 19 heavy (non-hydrogen) atoms. The lowest BCUT2D eigenvalue weighted by atomic mass is 9.99. The van der Waals surface area contributed by atoms with E-state index in [1.165, 1.54) is 12.8 Å². The minimum absolute atomic E-state index is 0.433. The molecule has 2 heterocycles. The minimum Gasteiger partial charge on any atom is -0.338 e. The highest BCUT2D eigenvalue weighted by atomic mass is 15.3. The van der Waals surface area contributed by atoms with Crippen LogP contribution in [0.3, 0.4) is 0 Å². The summed E-state index contributed by atoms with van der Waals surface area (Å²) in [6.07, 6.45) is 2.59. The third-order valence-corrected chi connectivity index (χ3v) is 3.70. The van der Waals surface area contributed by atoms with Gasteiger partial charge in [0.25, 0.3) is 0 Å². The molecule has 1 unspecified atom stereocenters. The van der Waals surface area contributed by atoms with Gasteiger partial charge in [-0.1, -0.05) is 0 Å². The Hall–Kier alpha value is -1.16. The number of aryl methyl sites for hydroxylation is 2. The van der Waals surface area contributed by atoms with Gasteiger partial charge in [0, 0.05) is 24.0 Å². The Morgan fingerprint density at radius 2 is 2.00 bits per heavy atom. The number of hydrogen-bond donors (Lipinski definition) is 1. The van der Waals surface area contributed by atoms with Gasteiger partial charge in [-0.15, -0.1) is 0 Å². The Morgan fingerprint density at radius 1 is 1.32 bits per heavy atom. The summed E-state index contributed by atoms with van der Waals surface area (Å²) in [6, 6.07) is 2.47. The highest BCUT2D eigenvalue weighted by Gasteiger charge is 2.21. The Morgan fingerprint density at radius 3 is 2.53 bits per heavy atom. The van der Waals surface area contributed by atoms with Gasteiger partial charge in [-0.3, -0.25) is 0 Å². The molecule has 106 valence electrons. The largest absolute Gasteiger partial charge is 0.338 e. The quantitative estimate of drug-likeness (QED) is 0.904. The Kier molecular flexibility index (Phi) is 4.75. The molecule has 0 bridgehead atoms. The monoisotopic (exact) mass is 262 g/mol. The summed E-state index contributed by atoms with van der Waals surface area (Å²) in [7, 11) is 0. The fourth-order valence-corrected chi connectivity index (χ4v) is 2.72. The van der Waals surface area contributed by atoms with Crippen molar-refractivity contribution < 1.29 is 0 Å². The molecule has 0 spiro atoms. The van der Waals surface area contributed by atoms with Gasteiger partial charge in [-0.05, 0) is 65.6 Å². The molecule has 1 fully saturated rings. The first-order chi connectivity index (χ1) is 9.06. The van der Waals surface area contributed by atoms with Crippen molar-refractivity contribution in [2.75, 3.05) is 24.5 Å². The van der Waals surface area contributed by atoms with Crippen LogP contribution in [-0.4, -0.2) is 35.6 Å². The highest BCUT2D eigenvalue weighted by Crippen LogP contribution is 2.18. The molecule has 4 nitrogen and oxygen atoms in total. The molecule has 1 saturated heterocycles. The van der Waals surface area contributed by atoms with Crippen molar-refractivity contribution in [1.29, 1.82) is 0 Å². The van der Waals surface area contributed by atoms with Crippen LogP contribution in [0.1, 0.15) is 38.1 Å². The molecule has 0 radical (unpaired) electrons. The SMILES string of the molecule is Cc1cc(C)nc(N(CC2CCCNC2)C(C)C)n1. The first-order valence-electron chi connectivity index (χ1n) is 7.36. The molecular formula is C15H26N4. The van der Waals surface area contributed by atoms with Crippen molar-refractivity contribution in [2.24, 2.45) is 5.92 Å². The van der Waals surface area contributed by atoms with Crippen molar-refractivity contribution >= 4 is 5.95 Å². The van der Waals surface area contributed by atoms with Crippen molar-refractivity contribution in [3.8, 4) is 0 Å². The summed E-state index contributed by atoms with van der Waals surface area (Å²) < 4.78 is 0. The normalized spacial score (nSPS) is 19.7. The zero-order valence-electron chi connectivity index (χ0n) is 12.6. The first-order valence-corrected chi connectivity index (χ1v) is 7.36. The van der Waals surface area contributed by atoms with E-state index >= 15 is 0 Å². The molecule has 1 aromatic heterocycles. The minimum atomic E-state index is 0.433. The fourth-order valence-electron chi connectivity index (χ4n) is 2.72. The molecule has 0 aromatic carbocycles. The van der Waals surface area contributed by atoms with Crippen molar-refractivity contribution in [3.63, 3.8) is 0 Å². The highest BCUT2D eigenvalue weighted by molar-refractivity contribution is 5.33. The third-order valence-electron chi connectivity index (χ3n) is 3.70. The summed E-state index contributed by atoms with van der Waals surface area (Å²) in [6.45, 7) is 11.9. The summed E-state index contributed by atoms with van der Waals surface area (Å²) in [4.78, 5) is 11.6. The summed E-state index contributed by atoms with van der Waals surface area (Å²) in [5.74, 6) is 1.60. The fraction of sp³-hybridized carbons (Fsp3) is 0.733. The molecule has 4 heteroatoms. The van der Waals surface area contributed by atoms with Gasteiger partial charge in [0.1, 0.15) is 0 Å². The van der Waals surface area contributed by atoms with Gasteiger partial charge in [-0.25, -0.2) is 9.97 Å². The second-order valence-corrected chi connectivity index (χ2v) is 5.91. The van der Waals surface area contributed by atoms with Gasteiger partial charge >= 0.3 is 0 Å². The van der Waals surface area contributed by atoms with Crippen LogP contribution < -0.4 is 10.2 Å². The van der Waals surface area contributed by atoms with Crippen molar-refractivity contribution in [2.45, 2.75) is 46.6 Å². The maximum absolute atomic E-state index is 4.62. The van der Waals surface area contributed by atoms with Crippen LogP contribution in [-0.2, 0) is 0 Å². The van der Waals surface area contributed by atoms with Gasteiger partial charge in [0.05, 0.1) is 0 Å². The lowest BCUT2D eigenvalue weighted by molar-refractivity contribution is 0.369. The zero-order chi connectivity index (χ0) is 13.8. The zero-order valence-corrected chi connectivity index (χ0v) is 12.6. The van der Waals surface area contributed by atoms with Crippen molar-refractivity contribution in [3.05, 3.63) is 17.5 Å². The van der Waals surface area contributed by atoms with Crippen LogP contribution in [0.5, 0.6) is 0 Å². The summed E-state index contributed by atoms with van der Waals surface area (Å²) >= 11 is 0. The van der Waals surface area contributed by atoms with Crippen LogP contribution >= 0.6 is 0 Å². The summed E-state index contributed by atoms with van der Waals surface area (Å²) in [5.41, 5.74) is 2.10. The maximum Gasteiger partial charge on any atom is 0.226 e. The van der Waals surface area contributed by atoms with E-state index in [1.54, 1.807) is 0 Å². The molecular weight excluding hydrogens is 236 g/mol. The molecule has 1 N–H and O–H groups in total. The number of anilines is 1. The van der Waals surface area contributed by atoms with Gasteiger partial charge < -0.3 is 10.2 Å². The van der Waals surface area contributed by atoms with E-state index in [4.69, 9.17) is 0 Å². The smallest absolute Gasteiger partial charge is 0.226 e. The molecule has 0 saturated carbocycles. The van der Waals surface area contributed by atoms with Crippen LogP contribution in [0, 0.1) is 19.8 Å². The third kappa shape index (κ3) is 3.90. The number of nitrogens with zero attached hydrogens (tertiary/aromatic N) is 3. The topological polar surface area (TPSA) is 41.1 Å². The molecule has 1 atom stereocenters. The number of rotatable bonds is 4.